The molecule has 3 aromatic heterocycles. The summed E-state index contributed by atoms with van der Waals surface area (Å²) in [6, 6.07) is 7.27. The third-order valence-electron chi connectivity index (χ3n) is 3.02. The Kier molecular flexibility index (Phi) is 3.88. The van der Waals surface area contributed by atoms with Crippen molar-refractivity contribution in [3.8, 4) is 11.0 Å². The molecule has 0 aliphatic rings. The Morgan fingerprint density at radius 3 is 2.73 bits per heavy atom. The van der Waals surface area contributed by atoms with Gasteiger partial charge in [0.15, 0.2) is 5.13 Å². The molecule has 0 aliphatic heterocycles. The Balaban J connectivity index is 1.80. The van der Waals surface area contributed by atoms with Crippen molar-refractivity contribution in [1.29, 1.82) is 0 Å². The van der Waals surface area contributed by atoms with Gasteiger partial charge in [-0.1, -0.05) is 11.3 Å². The summed E-state index contributed by atoms with van der Waals surface area (Å²) in [6.45, 7) is 1.82. The van der Waals surface area contributed by atoms with E-state index in [0.29, 0.717) is 22.1 Å². The Morgan fingerprint density at radius 2 is 2.09 bits per heavy atom. The number of methoxy groups -OCH3 is 1. The van der Waals surface area contributed by atoms with Crippen molar-refractivity contribution in [1.82, 2.24) is 14.5 Å². The molecule has 0 aliphatic carbocycles. The number of pyridine rings is 1. The first-order chi connectivity index (χ1) is 10.7. The van der Waals surface area contributed by atoms with E-state index >= 15 is 0 Å². The van der Waals surface area contributed by atoms with Crippen molar-refractivity contribution in [3.05, 3.63) is 53.4 Å². The summed E-state index contributed by atoms with van der Waals surface area (Å²) in [5.74, 6) is 0.308. The second-order valence-electron chi connectivity index (χ2n) is 4.54. The highest BCUT2D eigenvalue weighted by Crippen LogP contribution is 2.23. The summed E-state index contributed by atoms with van der Waals surface area (Å²) < 4.78 is 6.87. The molecule has 0 saturated heterocycles. The number of hydrogen-bond acceptors (Lipinski definition) is 5. The monoisotopic (exact) mass is 314 g/mol. The van der Waals surface area contributed by atoms with Crippen LogP contribution in [0.4, 0.5) is 5.69 Å². The third-order valence-corrected chi connectivity index (χ3v) is 4.19. The van der Waals surface area contributed by atoms with Crippen LogP contribution in [0, 0.1) is 6.92 Å². The predicted molar refractivity (Wildman–Crippen MR) is 84.9 cm³/mol. The fourth-order valence-electron chi connectivity index (χ4n) is 1.93. The molecule has 0 aromatic carbocycles. The molecular formula is C15H14N4O2S. The average molecular weight is 314 g/mol. The summed E-state index contributed by atoms with van der Waals surface area (Å²) in [5, 5.41) is 3.58. The molecule has 7 heteroatoms. The van der Waals surface area contributed by atoms with Crippen LogP contribution < -0.4 is 10.1 Å². The lowest BCUT2D eigenvalue weighted by Crippen LogP contribution is -2.11. The van der Waals surface area contributed by atoms with E-state index in [1.54, 1.807) is 25.4 Å². The van der Waals surface area contributed by atoms with Gasteiger partial charge in [0.25, 0.3) is 5.91 Å². The van der Waals surface area contributed by atoms with Gasteiger partial charge in [-0.05, 0) is 25.1 Å². The molecular weight excluding hydrogens is 300 g/mol. The molecule has 0 spiro atoms. The first-order valence-corrected chi connectivity index (χ1v) is 7.41. The van der Waals surface area contributed by atoms with Crippen LogP contribution in [0.25, 0.3) is 5.13 Å². The zero-order valence-corrected chi connectivity index (χ0v) is 12.9. The molecule has 0 unspecified atom stereocenters. The van der Waals surface area contributed by atoms with Crippen molar-refractivity contribution in [2.45, 2.75) is 6.92 Å². The maximum atomic E-state index is 12.4. The topological polar surface area (TPSA) is 69.0 Å². The van der Waals surface area contributed by atoms with Crippen molar-refractivity contribution in [2.24, 2.45) is 0 Å². The minimum atomic E-state index is -0.194. The van der Waals surface area contributed by atoms with E-state index in [9.17, 15) is 4.79 Å². The van der Waals surface area contributed by atoms with E-state index < -0.39 is 0 Å². The van der Waals surface area contributed by atoms with Crippen LogP contribution in [0.5, 0.6) is 5.88 Å². The SMILES string of the molecule is COc1ccc(NC(=O)c2sc(-n3cccc3)nc2C)cn1. The van der Waals surface area contributed by atoms with E-state index in [1.807, 2.05) is 36.0 Å². The molecule has 3 rings (SSSR count). The molecule has 0 radical (unpaired) electrons. The number of carbonyl (C=O) groups is 1. The van der Waals surface area contributed by atoms with Gasteiger partial charge in [0.2, 0.25) is 5.88 Å². The molecule has 0 saturated carbocycles. The molecule has 1 N–H and O–H groups in total. The molecule has 3 heterocycles. The van der Waals surface area contributed by atoms with E-state index in [1.165, 1.54) is 11.3 Å². The lowest BCUT2D eigenvalue weighted by atomic mass is 10.3. The van der Waals surface area contributed by atoms with Crippen molar-refractivity contribution >= 4 is 22.9 Å². The number of nitrogens with zero attached hydrogens (tertiary/aromatic N) is 3. The first kappa shape index (κ1) is 14.3. The molecule has 1 amide bonds. The molecule has 6 nitrogen and oxygen atoms in total. The Morgan fingerprint density at radius 1 is 1.32 bits per heavy atom. The fourth-order valence-corrected chi connectivity index (χ4v) is 2.86. The van der Waals surface area contributed by atoms with Crippen LogP contribution in [0.3, 0.4) is 0 Å². The number of rotatable bonds is 4. The summed E-state index contributed by atoms with van der Waals surface area (Å²) >= 11 is 1.35. The van der Waals surface area contributed by atoms with E-state index in [4.69, 9.17) is 4.74 Å². The second kappa shape index (κ2) is 5.98. The highest BCUT2D eigenvalue weighted by Gasteiger charge is 2.16. The molecule has 112 valence electrons. The van der Waals surface area contributed by atoms with Gasteiger partial charge in [-0.25, -0.2) is 9.97 Å². The van der Waals surface area contributed by atoms with Gasteiger partial charge in [0.05, 0.1) is 24.7 Å². The standard InChI is InChI=1S/C15H14N4O2S/c1-10-13(22-15(17-10)19-7-3-4-8-19)14(20)18-11-5-6-12(21-2)16-9-11/h3-9H,1-2H3,(H,18,20). The largest absolute Gasteiger partial charge is 0.481 e. The Hall–Kier alpha value is -2.67. The molecule has 0 bridgehead atoms. The lowest BCUT2D eigenvalue weighted by Gasteiger charge is -2.04. The van der Waals surface area contributed by atoms with Crippen molar-refractivity contribution < 1.29 is 9.53 Å². The summed E-state index contributed by atoms with van der Waals surface area (Å²) in [5.41, 5.74) is 1.31. The highest BCUT2D eigenvalue weighted by molar-refractivity contribution is 7.16. The van der Waals surface area contributed by atoms with Crippen LogP contribution in [0.15, 0.2) is 42.9 Å². The van der Waals surface area contributed by atoms with E-state index in [2.05, 4.69) is 15.3 Å². The van der Waals surface area contributed by atoms with Crippen LogP contribution in [0.2, 0.25) is 0 Å². The van der Waals surface area contributed by atoms with Crippen LogP contribution in [-0.4, -0.2) is 27.6 Å². The molecule has 0 atom stereocenters. The van der Waals surface area contributed by atoms with Crippen LogP contribution in [-0.2, 0) is 0 Å². The number of hydrogen-bond donors (Lipinski definition) is 1. The average Bonchev–Trinajstić information content (AvgIpc) is 3.17. The second-order valence-corrected chi connectivity index (χ2v) is 5.52. The number of thiazole rings is 1. The Labute approximate surface area is 131 Å². The summed E-state index contributed by atoms with van der Waals surface area (Å²) in [4.78, 5) is 21.4. The number of nitrogens with one attached hydrogen (secondary N) is 1. The van der Waals surface area contributed by atoms with Gasteiger partial charge in [0, 0.05) is 18.5 Å². The highest BCUT2D eigenvalue weighted by atomic mass is 32.1. The maximum Gasteiger partial charge on any atom is 0.267 e. The van der Waals surface area contributed by atoms with Gasteiger partial charge in [-0.2, -0.15) is 0 Å². The van der Waals surface area contributed by atoms with Gasteiger partial charge >= 0.3 is 0 Å². The molecule has 0 fully saturated rings. The molecule has 3 aromatic rings. The molecule has 22 heavy (non-hydrogen) atoms. The summed E-state index contributed by atoms with van der Waals surface area (Å²) in [6.07, 6.45) is 5.35. The number of carbonyl (C=O) groups excluding carboxylic acids is 1. The van der Waals surface area contributed by atoms with Gasteiger partial charge < -0.3 is 14.6 Å². The van der Waals surface area contributed by atoms with Gasteiger partial charge in [0.1, 0.15) is 4.88 Å². The third kappa shape index (κ3) is 2.84. The van der Waals surface area contributed by atoms with Crippen molar-refractivity contribution in [2.75, 3.05) is 12.4 Å². The Bertz CT molecular complexity index is 778. The first-order valence-electron chi connectivity index (χ1n) is 6.59. The van der Waals surface area contributed by atoms with E-state index in [0.717, 1.165) is 5.13 Å². The normalized spacial score (nSPS) is 10.5. The number of aryl methyl sites for hydroxylation is 1. The minimum Gasteiger partial charge on any atom is -0.481 e. The van der Waals surface area contributed by atoms with Crippen LogP contribution >= 0.6 is 11.3 Å². The smallest absolute Gasteiger partial charge is 0.267 e. The summed E-state index contributed by atoms with van der Waals surface area (Å²) in [7, 11) is 1.55. The van der Waals surface area contributed by atoms with Crippen molar-refractivity contribution in [3.63, 3.8) is 0 Å². The zero-order chi connectivity index (χ0) is 15.5. The quantitative estimate of drug-likeness (QED) is 0.804. The number of ether oxygens (including phenoxy) is 1. The number of anilines is 1. The number of aromatic nitrogens is 3. The predicted octanol–water partition coefficient (Wildman–Crippen LogP) is 2.90. The maximum absolute atomic E-state index is 12.4. The fraction of sp³-hybridized carbons (Fsp3) is 0.133. The number of amides is 1. The van der Waals surface area contributed by atoms with E-state index in [-0.39, 0.29) is 5.91 Å². The lowest BCUT2D eigenvalue weighted by molar-refractivity contribution is 0.102. The van der Waals surface area contributed by atoms with Crippen LogP contribution in [0.1, 0.15) is 15.4 Å². The minimum absolute atomic E-state index is 0.194. The van der Waals surface area contributed by atoms with Gasteiger partial charge in [-0.3, -0.25) is 4.79 Å². The van der Waals surface area contributed by atoms with Gasteiger partial charge in [-0.15, -0.1) is 0 Å². The zero-order valence-electron chi connectivity index (χ0n) is 12.1.